The minimum absolute atomic E-state index is 0.101. The minimum atomic E-state index is -3.73. The van der Waals surface area contributed by atoms with Crippen molar-refractivity contribution in [3.8, 4) is 0 Å². The summed E-state index contributed by atoms with van der Waals surface area (Å²) in [5.74, 6) is 0.105. The molecule has 2 fully saturated rings. The minimum Gasteiger partial charge on any atom is -0.360 e. The summed E-state index contributed by atoms with van der Waals surface area (Å²) >= 11 is 0. The van der Waals surface area contributed by atoms with Crippen LogP contribution in [0.2, 0.25) is 0 Å². The van der Waals surface area contributed by atoms with E-state index in [1.165, 1.54) is 4.31 Å². The van der Waals surface area contributed by atoms with E-state index in [1.54, 1.807) is 41.8 Å². The number of rotatable bonds is 4. The van der Waals surface area contributed by atoms with Gasteiger partial charge in [0.1, 0.15) is 10.6 Å². The van der Waals surface area contributed by atoms with E-state index in [1.807, 2.05) is 6.92 Å². The molecular weight excluding hydrogens is 422 g/mol. The lowest BCUT2D eigenvalue weighted by Gasteiger charge is -2.34. The Balaban J connectivity index is 1.45. The zero-order chi connectivity index (χ0) is 22.3. The van der Waals surface area contributed by atoms with Crippen molar-refractivity contribution < 1.29 is 22.5 Å². The van der Waals surface area contributed by atoms with Crippen molar-refractivity contribution in [2.75, 3.05) is 44.2 Å². The van der Waals surface area contributed by atoms with Crippen molar-refractivity contribution in [3.63, 3.8) is 0 Å². The second-order valence-electron chi connectivity index (χ2n) is 7.73. The number of aryl methyl sites for hydroxylation is 3. The summed E-state index contributed by atoms with van der Waals surface area (Å²) in [5.41, 5.74) is 2.46. The van der Waals surface area contributed by atoms with Crippen LogP contribution in [0.3, 0.4) is 0 Å². The smallest absolute Gasteiger partial charge is 0.322 e. The van der Waals surface area contributed by atoms with Crippen molar-refractivity contribution in [2.45, 2.75) is 25.7 Å². The zero-order valence-electron chi connectivity index (χ0n) is 17.7. The van der Waals surface area contributed by atoms with Gasteiger partial charge in [-0.25, -0.2) is 13.2 Å². The fourth-order valence-electron chi connectivity index (χ4n) is 4.08. The number of amides is 3. The number of piperazine rings is 1. The predicted molar refractivity (Wildman–Crippen MR) is 113 cm³/mol. The van der Waals surface area contributed by atoms with E-state index >= 15 is 0 Å². The van der Waals surface area contributed by atoms with E-state index < -0.39 is 10.0 Å². The van der Waals surface area contributed by atoms with E-state index in [0.29, 0.717) is 24.3 Å². The molecule has 2 aromatic rings. The summed E-state index contributed by atoms with van der Waals surface area (Å²) in [4.78, 5) is 28.3. The van der Waals surface area contributed by atoms with Gasteiger partial charge in [0.05, 0.1) is 0 Å². The highest BCUT2D eigenvalue weighted by Crippen LogP contribution is 2.26. The average Bonchev–Trinajstić information content (AvgIpc) is 3.32. The second-order valence-corrected chi connectivity index (χ2v) is 9.61. The zero-order valence-corrected chi connectivity index (χ0v) is 18.5. The number of hydrogen-bond donors (Lipinski definition) is 1. The molecule has 10 nitrogen and oxygen atoms in total. The number of carbonyl (C=O) groups excluding carboxylic acids is 2. The molecule has 0 spiro atoms. The summed E-state index contributed by atoms with van der Waals surface area (Å²) in [5, 5.41) is 6.50. The molecule has 1 aromatic heterocycles. The van der Waals surface area contributed by atoms with Crippen LogP contribution in [0.4, 0.5) is 10.5 Å². The predicted octanol–water partition coefficient (Wildman–Crippen LogP) is 1.28. The first-order valence-electron chi connectivity index (χ1n) is 10.1. The van der Waals surface area contributed by atoms with Crippen molar-refractivity contribution in [2.24, 2.45) is 0 Å². The third-order valence-electron chi connectivity index (χ3n) is 5.68. The third kappa shape index (κ3) is 3.79. The van der Waals surface area contributed by atoms with Gasteiger partial charge in [-0.05, 0) is 44.5 Å². The van der Waals surface area contributed by atoms with Gasteiger partial charge in [0.2, 0.25) is 10.0 Å². The van der Waals surface area contributed by atoms with Crippen LogP contribution in [0.5, 0.6) is 0 Å². The molecule has 11 heteroatoms. The molecule has 2 saturated heterocycles. The molecule has 0 bridgehead atoms. The van der Waals surface area contributed by atoms with Crippen molar-refractivity contribution in [3.05, 3.63) is 40.8 Å². The molecule has 2 aliphatic rings. The van der Waals surface area contributed by atoms with Crippen molar-refractivity contribution in [1.29, 1.82) is 0 Å². The summed E-state index contributed by atoms with van der Waals surface area (Å²) in [6.45, 7) is 7.20. The fourth-order valence-corrected chi connectivity index (χ4v) is 5.79. The monoisotopic (exact) mass is 447 g/mol. The molecule has 1 N–H and O–H groups in total. The summed E-state index contributed by atoms with van der Waals surface area (Å²) in [6, 6.07) is 5.13. The molecule has 0 radical (unpaired) electrons. The van der Waals surface area contributed by atoms with E-state index in [2.05, 4.69) is 10.5 Å². The van der Waals surface area contributed by atoms with Crippen LogP contribution in [0.15, 0.2) is 27.6 Å². The van der Waals surface area contributed by atoms with Gasteiger partial charge in [0.25, 0.3) is 5.91 Å². The lowest BCUT2D eigenvalue weighted by molar-refractivity contribution is 0.0697. The number of carbonyl (C=O) groups is 2. The number of benzene rings is 1. The first kappa shape index (κ1) is 21.3. The third-order valence-corrected chi connectivity index (χ3v) is 7.83. The molecule has 4 rings (SSSR count). The van der Waals surface area contributed by atoms with Crippen LogP contribution < -0.4 is 10.2 Å². The van der Waals surface area contributed by atoms with Gasteiger partial charge in [0.15, 0.2) is 5.76 Å². The van der Waals surface area contributed by atoms with Gasteiger partial charge in [-0.15, -0.1) is 0 Å². The number of sulfonamides is 1. The molecule has 3 amide bonds. The number of urea groups is 1. The first-order chi connectivity index (χ1) is 14.7. The number of hydrogen-bond acceptors (Lipinski definition) is 6. The Morgan fingerprint density at radius 2 is 1.81 bits per heavy atom. The quantitative estimate of drug-likeness (QED) is 0.755. The standard InChI is InChI=1S/C20H25N5O5S/c1-13-12-16(4-5-17(13)25-7-6-21-20(25)27)19(26)23-8-10-24(11-9-23)31(28,29)18-14(2)22-30-15(18)3/h4-5,12H,6-11H2,1-3H3,(H,21,27). The van der Waals surface area contributed by atoms with Crippen molar-refractivity contribution >= 4 is 27.6 Å². The summed E-state index contributed by atoms with van der Waals surface area (Å²) in [6.07, 6.45) is 0. The molecule has 0 saturated carbocycles. The van der Waals surface area contributed by atoms with E-state index in [0.717, 1.165) is 11.3 Å². The van der Waals surface area contributed by atoms with Crippen molar-refractivity contribution in [1.82, 2.24) is 19.7 Å². The average molecular weight is 448 g/mol. The van der Waals surface area contributed by atoms with Crippen LogP contribution in [0.1, 0.15) is 27.4 Å². The van der Waals surface area contributed by atoms with Crippen LogP contribution in [0.25, 0.3) is 0 Å². The maximum atomic E-state index is 13.0. The van der Waals surface area contributed by atoms with Crippen LogP contribution in [-0.2, 0) is 10.0 Å². The van der Waals surface area contributed by atoms with Crippen LogP contribution >= 0.6 is 0 Å². The Bertz CT molecular complexity index is 1120. The number of aromatic nitrogens is 1. The molecule has 2 aliphatic heterocycles. The molecule has 3 heterocycles. The molecule has 1 aromatic carbocycles. The van der Waals surface area contributed by atoms with E-state index in [4.69, 9.17) is 4.52 Å². The van der Waals surface area contributed by atoms with Gasteiger partial charge in [-0.3, -0.25) is 9.69 Å². The van der Waals surface area contributed by atoms with Crippen LogP contribution in [0, 0.1) is 20.8 Å². The highest BCUT2D eigenvalue weighted by molar-refractivity contribution is 7.89. The van der Waals surface area contributed by atoms with Gasteiger partial charge >= 0.3 is 6.03 Å². The second kappa shape index (κ2) is 7.97. The Hall–Kier alpha value is -2.92. The number of nitrogens with one attached hydrogen (secondary N) is 1. The molecule has 0 aliphatic carbocycles. The van der Waals surface area contributed by atoms with Gasteiger partial charge in [-0.2, -0.15) is 4.31 Å². The Labute approximate surface area is 180 Å². The molecular formula is C20H25N5O5S. The largest absolute Gasteiger partial charge is 0.360 e. The molecule has 0 atom stereocenters. The summed E-state index contributed by atoms with van der Waals surface area (Å²) in [7, 11) is -3.73. The topological polar surface area (TPSA) is 116 Å². The van der Waals surface area contributed by atoms with E-state index in [-0.39, 0.29) is 48.8 Å². The Morgan fingerprint density at radius 1 is 1.10 bits per heavy atom. The van der Waals surface area contributed by atoms with Crippen LogP contribution in [-0.4, -0.2) is 74.0 Å². The Kier molecular flexibility index (Phi) is 5.48. The maximum absolute atomic E-state index is 13.0. The highest BCUT2D eigenvalue weighted by Gasteiger charge is 2.34. The van der Waals surface area contributed by atoms with Gasteiger partial charge in [0, 0.05) is 50.5 Å². The lowest BCUT2D eigenvalue weighted by Crippen LogP contribution is -2.50. The Morgan fingerprint density at radius 3 is 2.35 bits per heavy atom. The fraction of sp³-hybridized carbons (Fsp3) is 0.450. The normalized spacial score (nSPS) is 17.8. The molecule has 166 valence electrons. The summed E-state index contributed by atoms with van der Waals surface area (Å²) < 4.78 is 32.3. The van der Waals surface area contributed by atoms with E-state index in [9.17, 15) is 18.0 Å². The molecule has 31 heavy (non-hydrogen) atoms. The highest BCUT2D eigenvalue weighted by atomic mass is 32.2. The lowest BCUT2D eigenvalue weighted by atomic mass is 10.1. The molecule has 0 unspecified atom stereocenters. The first-order valence-corrected chi connectivity index (χ1v) is 11.5. The van der Waals surface area contributed by atoms with Gasteiger partial charge in [-0.1, -0.05) is 5.16 Å². The number of anilines is 1. The number of nitrogens with zero attached hydrogens (tertiary/aromatic N) is 4. The SMILES string of the molecule is Cc1cc(C(=O)N2CCN(S(=O)(=O)c3c(C)noc3C)CC2)ccc1N1CCNC1=O. The maximum Gasteiger partial charge on any atom is 0.322 e. The van der Waals surface area contributed by atoms with Gasteiger partial charge < -0.3 is 14.7 Å².